The van der Waals surface area contributed by atoms with Gasteiger partial charge in [0.1, 0.15) is 0 Å². The lowest BCUT2D eigenvalue weighted by atomic mass is 10.1. The van der Waals surface area contributed by atoms with E-state index in [2.05, 4.69) is 12.8 Å². The molecule has 0 aromatic carbocycles. The molecule has 0 saturated heterocycles. The second-order valence-electron chi connectivity index (χ2n) is 3.15. The topological polar surface area (TPSA) is 9.23 Å². The van der Waals surface area contributed by atoms with E-state index < -0.39 is 0 Å². The van der Waals surface area contributed by atoms with Gasteiger partial charge in [0.2, 0.25) is 0 Å². The van der Waals surface area contributed by atoms with Crippen LogP contribution in [0, 0.1) is 12.3 Å². The minimum atomic E-state index is 0.705. The Morgan fingerprint density at radius 1 is 1.36 bits per heavy atom. The Labute approximate surface area is 87.9 Å². The number of rotatable bonds is 6. The molecule has 0 fully saturated rings. The highest BCUT2D eigenvalue weighted by molar-refractivity contribution is 5.29. The van der Waals surface area contributed by atoms with Crippen molar-refractivity contribution in [3.63, 3.8) is 0 Å². The highest BCUT2D eigenvalue weighted by Crippen LogP contribution is 2.07. The quantitative estimate of drug-likeness (QED) is 0.354. The highest BCUT2D eigenvalue weighted by Gasteiger charge is 1.91. The Hall–Kier alpha value is -1.16. The number of terminal acetylenes is 1. The number of ether oxygens (including phenoxy) is 1. The van der Waals surface area contributed by atoms with E-state index in [1.165, 1.54) is 6.42 Å². The van der Waals surface area contributed by atoms with E-state index in [1.807, 2.05) is 26.0 Å². The van der Waals surface area contributed by atoms with Gasteiger partial charge in [-0.15, -0.1) is 6.42 Å². The summed E-state index contributed by atoms with van der Waals surface area (Å²) in [6.07, 6.45) is 12.6. The molecule has 0 aromatic heterocycles. The molecule has 1 nitrogen and oxygen atoms in total. The third-order valence-electron chi connectivity index (χ3n) is 1.88. The molecule has 0 heterocycles. The lowest BCUT2D eigenvalue weighted by Crippen LogP contribution is -1.86. The Kier molecular flexibility index (Phi) is 7.74. The van der Waals surface area contributed by atoms with Crippen LogP contribution in [-0.2, 0) is 4.74 Å². The first kappa shape index (κ1) is 12.8. The van der Waals surface area contributed by atoms with Crippen molar-refractivity contribution in [2.75, 3.05) is 6.61 Å². The van der Waals surface area contributed by atoms with Gasteiger partial charge in [0.15, 0.2) is 0 Å². The normalized spacial score (nSPS) is 12.4. The minimum Gasteiger partial charge on any atom is -0.499 e. The molecule has 0 unspecified atom stereocenters. The molecule has 0 aliphatic heterocycles. The monoisotopic (exact) mass is 192 g/mol. The van der Waals surface area contributed by atoms with Crippen molar-refractivity contribution in [1.29, 1.82) is 0 Å². The first-order valence-electron chi connectivity index (χ1n) is 5.21. The second kappa shape index (κ2) is 8.44. The summed E-state index contributed by atoms with van der Waals surface area (Å²) in [6, 6.07) is 0. The van der Waals surface area contributed by atoms with Crippen LogP contribution < -0.4 is 0 Å². The molecule has 0 atom stereocenters. The first-order chi connectivity index (χ1) is 6.74. The summed E-state index contributed by atoms with van der Waals surface area (Å²) in [4.78, 5) is 0. The maximum atomic E-state index is 5.39. The highest BCUT2D eigenvalue weighted by atomic mass is 16.5. The molecule has 78 valence electrons. The fraction of sp³-hybridized carbons (Fsp3) is 0.538. The Balaban J connectivity index is 4.17. The predicted molar refractivity (Wildman–Crippen MR) is 61.8 cm³/mol. The van der Waals surface area contributed by atoms with Gasteiger partial charge in [-0.2, -0.15) is 0 Å². The van der Waals surface area contributed by atoms with Crippen LogP contribution in [0.4, 0.5) is 0 Å². The van der Waals surface area contributed by atoms with Gasteiger partial charge in [0.05, 0.1) is 12.4 Å². The Morgan fingerprint density at radius 3 is 2.57 bits per heavy atom. The maximum Gasteiger partial charge on any atom is 0.0929 e. The van der Waals surface area contributed by atoms with Gasteiger partial charge < -0.3 is 4.74 Å². The van der Waals surface area contributed by atoms with Crippen LogP contribution in [0.2, 0.25) is 0 Å². The van der Waals surface area contributed by atoms with E-state index in [9.17, 15) is 0 Å². The maximum absolute atomic E-state index is 5.39. The van der Waals surface area contributed by atoms with Crippen molar-refractivity contribution in [3.8, 4) is 12.3 Å². The molecule has 0 saturated carbocycles. The van der Waals surface area contributed by atoms with Crippen LogP contribution in [0.25, 0.3) is 0 Å². The summed E-state index contributed by atoms with van der Waals surface area (Å²) >= 11 is 0. The van der Waals surface area contributed by atoms with E-state index in [1.54, 1.807) is 0 Å². The number of unbranched alkanes of at least 4 members (excludes halogenated alkanes) is 1. The number of hydrogen-bond donors (Lipinski definition) is 0. The van der Waals surface area contributed by atoms with Gasteiger partial charge in [0.25, 0.3) is 0 Å². The molecule has 0 radical (unpaired) electrons. The molecular weight excluding hydrogens is 172 g/mol. The molecule has 0 N–H and O–H groups in total. The lowest BCUT2D eigenvalue weighted by Gasteiger charge is -2.00. The van der Waals surface area contributed by atoms with Crippen LogP contribution >= 0.6 is 0 Å². The zero-order valence-corrected chi connectivity index (χ0v) is 9.47. The van der Waals surface area contributed by atoms with Gasteiger partial charge in [-0.1, -0.05) is 19.3 Å². The van der Waals surface area contributed by atoms with Gasteiger partial charge in [-0.05, 0) is 38.8 Å². The Morgan fingerprint density at radius 2 is 2.07 bits per heavy atom. The Bertz CT molecular complexity index is 240. The molecule has 0 amide bonds. The zero-order valence-electron chi connectivity index (χ0n) is 9.47. The van der Waals surface area contributed by atoms with Gasteiger partial charge >= 0.3 is 0 Å². The average molecular weight is 192 g/mol. The molecule has 0 rings (SSSR count). The first-order valence-corrected chi connectivity index (χ1v) is 5.21. The van der Waals surface area contributed by atoms with Crippen LogP contribution in [0.5, 0.6) is 0 Å². The molecule has 0 aromatic rings. The van der Waals surface area contributed by atoms with Gasteiger partial charge in [-0.3, -0.25) is 0 Å². The van der Waals surface area contributed by atoms with Crippen LogP contribution in [0.1, 0.15) is 40.0 Å². The third-order valence-corrected chi connectivity index (χ3v) is 1.88. The number of allylic oxidation sites excluding steroid dienone is 4. The SMILES string of the molecule is C#C/C(=C\C=C(/C)OCC)CCCC. The fourth-order valence-corrected chi connectivity index (χ4v) is 1.06. The molecule has 14 heavy (non-hydrogen) atoms. The summed E-state index contributed by atoms with van der Waals surface area (Å²) in [7, 11) is 0. The summed E-state index contributed by atoms with van der Waals surface area (Å²) in [6.45, 7) is 6.78. The molecule has 1 heteroatoms. The smallest absolute Gasteiger partial charge is 0.0929 e. The van der Waals surface area contributed by atoms with Crippen molar-refractivity contribution in [2.45, 2.75) is 40.0 Å². The number of hydrogen-bond acceptors (Lipinski definition) is 1. The van der Waals surface area contributed by atoms with Crippen LogP contribution in [0.15, 0.2) is 23.5 Å². The third kappa shape index (κ3) is 6.37. The molecule has 0 spiro atoms. The van der Waals surface area contributed by atoms with E-state index in [4.69, 9.17) is 11.2 Å². The van der Waals surface area contributed by atoms with E-state index in [0.717, 1.165) is 24.2 Å². The largest absolute Gasteiger partial charge is 0.499 e. The second-order valence-corrected chi connectivity index (χ2v) is 3.15. The summed E-state index contributed by atoms with van der Waals surface area (Å²) in [5.41, 5.74) is 1.05. The van der Waals surface area contributed by atoms with Crippen molar-refractivity contribution in [2.24, 2.45) is 0 Å². The van der Waals surface area contributed by atoms with Crippen molar-refractivity contribution in [1.82, 2.24) is 0 Å². The minimum absolute atomic E-state index is 0.705. The summed E-state index contributed by atoms with van der Waals surface area (Å²) in [5, 5.41) is 0. The van der Waals surface area contributed by atoms with Crippen molar-refractivity contribution >= 4 is 0 Å². The van der Waals surface area contributed by atoms with E-state index in [-0.39, 0.29) is 0 Å². The molecule has 0 bridgehead atoms. The van der Waals surface area contributed by atoms with Crippen molar-refractivity contribution < 1.29 is 4.74 Å². The molecular formula is C13H20O. The average Bonchev–Trinajstić information content (AvgIpc) is 2.19. The predicted octanol–water partition coefficient (Wildman–Crippen LogP) is 3.68. The van der Waals surface area contributed by atoms with Crippen molar-refractivity contribution in [3.05, 3.63) is 23.5 Å². The lowest BCUT2D eigenvalue weighted by molar-refractivity contribution is 0.231. The standard InChI is InChI=1S/C13H20O/c1-5-8-9-13(6-2)11-10-12(4)14-7-3/h2,10-11H,5,7-9H2,1,3-4H3/b12-10+,13-11+. The van der Waals surface area contributed by atoms with Gasteiger partial charge in [-0.25, -0.2) is 0 Å². The van der Waals surface area contributed by atoms with Crippen LogP contribution in [0.3, 0.4) is 0 Å². The van der Waals surface area contributed by atoms with E-state index >= 15 is 0 Å². The molecule has 0 aliphatic carbocycles. The molecule has 0 aliphatic rings. The fourth-order valence-electron chi connectivity index (χ4n) is 1.06. The summed E-state index contributed by atoms with van der Waals surface area (Å²) < 4.78 is 5.29. The van der Waals surface area contributed by atoms with Crippen LogP contribution in [-0.4, -0.2) is 6.61 Å². The van der Waals surface area contributed by atoms with Gasteiger partial charge in [0, 0.05) is 5.57 Å². The van der Waals surface area contributed by atoms with E-state index in [0.29, 0.717) is 6.61 Å². The summed E-state index contributed by atoms with van der Waals surface area (Å²) in [5.74, 6) is 3.61. The zero-order chi connectivity index (χ0) is 10.8.